The highest BCUT2D eigenvalue weighted by atomic mass is 16.6. The number of rotatable bonds is 9. The van der Waals surface area contributed by atoms with E-state index >= 15 is 0 Å². The zero-order valence-corrected chi connectivity index (χ0v) is 15.1. The van der Waals surface area contributed by atoms with Crippen molar-refractivity contribution in [2.75, 3.05) is 7.11 Å². The molecule has 0 N–H and O–H groups in total. The number of carbonyl (C=O) groups excluding carboxylic acids is 3. The van der Waals surface area contributed by atoms with E-state index in [4.69, 9.17) is 4.74 Å². The van der Waals surface area contributed by atoms with Crippen LogP contribution in [0.3, 0.4) is 0 Å². The third-order valence-electron chi connectivity index (χ3n) is 4.12. The number of esters is 2. The predicted octanol–water partition coefficient (Wildman–Crippen LogP) is 2.29. The molecule has 28 heavy (non-hydrogen) atoms. The molecule has 0 aliphatic heterocycles. The maximum atomic E-state index is 12.5. The molecule has 0 fully saturated rings. The lowest BCUT2D eigenvalue weighted by atomic mass is 9.87. The molecule has 2 atom stereocenters. The molecule has 0 heterocycles. The Labute approximate surface area is 161 Å². The molecule has 8 heteroatoms. The topological polar surface area (TPSA) is 113 Å². The number of nitro groups is 1. The lowest BCUT2D eigenvalue weighted by Crippen LogP contribution is -2.39. The van der Waals surface area contributed by atoms with Crippen molar-refractivity contribution >= 4 is 17.7 Å². The van der Waals surface area contributed by atoms with Crippen LogP contribution in [0.1, 0.15) is 23.5 Å². The number of hydrogen-bond acceptors (Lipinski definition) is 7. The minimum atomic E-state index is -1.85. The van der Waals surface area contributed by atoms with Crippen LogP contribution in [0, 0.1) is 10.1 Å². The molecule has 0 aliphatic rings. The summed E-state index contributed by atoms with van der Waals surface area (Å²) in [4.78, 5) is 46.9. The second-order valence-electron chi connectivity index (χ2n) is 5.96. The minimum Gasteiger partial charge on any atom is -0.463 e. The van der Waals surface area contributed by atoms with Crippen molar-refractivity contribution < 1.29 is 28.8 Å². The summed E-state index contributed by atoms with van der Waals surface area (Å²) in [6, 6.07) is 14.9. The highest BCUT2D eigenvalue weighted by molar-refractivity contribution is 6.33. The van der Waals surface area contributed by atoms with Gasteiger partial charge in [0.2, 0.25) is 5.78 Å². The first-order valence-corrected chi connectivity index (χ1v) is 8.44. The van der Waals surface area contributed by atoms with Crippen LogP contribution in [0.25, 0.3) is 0 Å². The molecule has 0 amide bonds. The van der Waals surface area contributed by atoms with Gasteiger partial charge in [0, 0.05) is 11.3 Å². The van der Waals surface area contributed by atoms with Gasteiger partial charge in [-0.15, -0.1) is 0 Å². The summed E-state index contributed by atoms with van der Waals surface area (Å²) in [6.07, 6.45) is -0.553. The zero-order valence-electron chi connectivity index (χ0n) is 15.1. The summed E-state index contributed by atoms with van der Waals surface area (Å²) >= 11 is 0. The van der Waals surface area contributed by atoms with Gasteiger partial charge in [-0.25, -0.2) is 9.59 Å². The highest BCUT2D eigenvalue weighted by Gasteiger charge is 2.43. The number of benzene rings is 2. The molecule has 0 radical (unpaired) electrons. The van der Waals surface area contributed by atoms with Crippen LogP contribution in [0.2, 0.25) is 0 Å². The summed E-state index contributed by atoms with van der Waals surface area (Å²) in [6.45, 7) is -0.142. The molecule has 2 aromatic rings. The van der Waals surface area contributed by atoms with E-state index in [9.17, 15) is 24.5 Å². The van der Waals surface area contributed by atoms with Gasteiger partial charge in [0.25, 0.3) is 0 Å². The molecule has 1 unspecified atom stereocenters. The lowest BCUT2D eigenvalue weighted by molar-refractivity contribution is -0.514. The van der Waals surface area contributed by atoms with E-state index in [1.807, 2.05) is 0 Å². The fourth-order valence-corrected chi connectivity index (χ4v) is 2.72. The van der Waals surface area contributed by atoms with Crippen molar-refractivity contribution in [3.8, 4) is 0 Å². The molecule has 0 saturated heterocycles. The molecular formula is C20H19NO7. The van der Waals surface area contributed by atoms with Crippen molar-refractivity contribution in [2.45, 2.75) is 25.0 Å². The molecule has 2 rings (SSSR count). The molecule has 8 nitrogen and oxygen atoms in total. The summed E-state index contributed by atoms with van der Waals surface area (Å²) in [5.74, 6) is -4.34. The number of ketones is 1. The Morgan fingerprint density at radius 3 is 2.11 bits per heavy atom. The van der Waals surface area contributed by atoms with Gasteiger partial charge in [-0.3, -0.25) is 14.9 Å². The lowest BCUT2D eigenvalue weighted by Gasteiger charge is -2.19. The van der Waals surface area contributed by atoms with E-state index in [2.05, 4.69) is 4.74 Å². The molecule has 0 bridgehead atoms. The second-order valence-corrected chi connectivity index (χ2v) is 5.96. The minimum absolute atomic E-state index is 0.142. The number of methoxy groups -OCH3 is 1. The first-order valence-electron chi connectivity index (χ1n) is 8.44. The van der Waals surface area contributed by atoms with Crippen molar-refractivity contribution in [2.24, 2.45) is 0 Å². The molecule has 0 aromatic heterocycles. The average Bonchev–Trinajstić information content (AvgIpc) is 2.72. The van der Waals surface area contributed by atoms with Gasteiger partial charge in [-0.1, -0.05) is 60.7 Å². The van der Waals surface area contributed by atoms with Crippen LogP contribution in [0.4, 0.5) is 0 Å². The van der Waals surface area contributed by atoms with Crippen molar-refractivity contribution in [1.29, 1.82) is 0 Å². The van der Waals surface area contributed by atoms with Crippen LogP contribution in [0.15, 0.2) is 60.7 Å². The Kier molecular flexibility index (Phi) is 7.38. The van der Waals surface area contributed by atoms with Gasteiger partial charge >= 0.3 is 18.0 Å². The first kappa shape index (κ1) is 20.8. The standard InChI is InChI=1S/C20H19NO7/c1-27-19(23)17(22)12-16(15-10-6-3-7-11-15)18(21(25)26)20(24)28-13-14-8-4-2-5-9-14/h2-11,16,18H,12-13H2,1H3/t16-,18?/m1/s1. The maximum Gasteiger partial charge on any atom is 0.382 e. The predicted molar refractivity (Wildman–Crippen MR) is 97.8 cm³/mol. The summed E-state index contributed by atoms with van der Waals surface area (Å²) in [7, 11) is 1.04. The largest absolute Gasteiger partial charge is 0.463 e. The number of Topliss-reactive ketones (excluding diaryl/α,β-unsaturated/α-hetero) is 1. The van der Waals surface area contributed by atoms with Crippen LogP contribution in [0.5, 0.6) is 0 Å². The fraction of sp³-hybridized carbons (Fsp3) is 0.250. The van der Waals surface area contributed by atoms with Gasteiger partial charge in [0.15, 0.2) is 0 Å². The van der Waals surface area contributed by atoms with E-state index in [-0.39, 0.29) is 6.61 Å². The fourth-order valence-electron chi connectivity index (χ4n) is 2.72. The zero-order chi connectivity index (χ0) is 20.5. The SMILES string of the molecule is COC(=O)C(=O)C[C@H](c1ccccc1)C(C(=O)OCc1ccccc1)[N+](=O)[O-]. The molecular weight excluding hydrogens is 366 g/mol. The highest BCUT2D eigenvalue weighted by Crippen LogP contribution is 2.27. The van der Waals surface area contributed by atoms with E-state index < -0.39 is 41.0 Å². The van der Waals surface area contributed by atoms with Crippen molar-refractivity contribution in [3.63, 3.8) is 0 Å². The molecule has 0 aliphatic carbocycles. The second kappa shape index (κ2) is 9.96. The number of nitrogens with zero attached hydrogens (tertiary/aromatic N) is 1. The Balaban J connectivity index is 2.27. The summed E-state index contributed by atoms with van der Waals surface area (Å²) in [5.41, 5.74) is 1.04. The molecule has 0 saturated carbocycles. The van der Waals surface area contributed by atoms with Crippen LogP contribution < -0.4 is 0 Å². The van der Waals surface area contributed by atoms with E-state index in [1.165, 1.54) is 0 Å². The average molecular weight is 385 g/mol. The van der Waals surface area contributed by atoms with Crippen molar-refractivity contribution in [1.82, 2.24) is 0 Å². The number of carbonyl (C=O) groups is 3. The van der Waals surface area contributed by atoms with E-state index in [0.717, 1.165) is 7.11 Å². The van der Waals surface area contributed by atoms with Gasteiger partial charge in [-0.2, -0.15) is 0 Å². The Hall–Kier alpha value is -3.55. The Morgan fingerprint density at radius 2 is 1.57 bits per heavy atom. The molecule has 0 spiro atoms. The normalized spacial score (nSPS) is 12.5. The van der Waals surface area contributed by atoms with E-state index in [1.54, 1.807) is 60.7 Å². The molecule has 2 aromatic carbocycles. The Bertz CT molecular complexity index is 836. The quantitative estimate of drug-likeness (QED) is 0.282. The molecule has 146 valence electrons. The number of hydrogen-bond donors (Lipinski definition) is 0. The summed E-state index contributed by atoms with van der Waals surface area (Å²) in [5, 5.41) is 11.7. The van der Waals surface area contributed by atoms with Crippen molar-refractivity contribution in [3.05, 3.63) is 81.9 Å². The number of ether oxygens (including phenoxy) is 2. The van der Waals surface area contributed by atoms with Gasteiger partial charge in [0.05, 0.1) is 13.0 Å². The monoisotopic (exact) mass is 385 g/mol. The van der Waals surface area contributed by atoms with Gasteiger partial charge in [-0.05, 0) is 11.1 Å². The first-order chi connectivity index (χ1) is 13.4. The van der Waals surface area contributed by atoms with Crippen LogP contribution in [-0.4, -0.2) is 35.8 Å². The maximum absolute atomic E-state index is 12.5. The third kappa shape index (κ3) is 5.47. The Morgan fingerprint density at radius 1 is 1.00 bits per heavy atom. The third-order valence-corrected chi connectivity index (χ3v) is 4.12. The van der Waals surface area contributed by atoms with Crippen LogP contribution >= 0.6 is 0 Å². The van der Waals surface area contributed by atoms with Crippen LogP contribution in [-0.2, 0) is 30.5 Å². The summed E-state index contributed by atoms with van der Waals surface area (Å²) < 4.78 is 9.49. The smallest absolute Gasteiger partial charge is 0.382 e. The van der Waals surface area contributed by atoms with Gasteiger partial charge in [0.1, 0.15) is 6.61 Å². The van der Waals surface area contributed by atoms with E-state index in [0.29, 0.717) is 11.1 Å². The van der Waals surface area contributed by atoms with Gasteiger partial charge < -0.3 is 9.47 Å².